The van der Waals surface area contributed by atoms with Crippen LogP contribution in [0.15, 0.2) is 17.5 Å². The lowest BCUT2D eigenvalue weighted by Gasteiger charge is -2.41. The molecule has 1 aromatic rings. The number of nitrogens with zero attached hydrogens (tertiary/aromatic N) is 1. The van der Waals surface area contributed by atoms with Gasteiger partial charge in [-0.2, -0.15) is 0 Å². The van der Waals surface area contributed by atoms with E-state index in [1.54, 1.807) is 0 Å². The van der Waals surface area contributed by atoms with Gasteiger partial charge in [0.1, 0.15) is 0 Å². The van der Waals surface area contributed by atoms with Gasteiger partial charge in [0.15, 0.2) is 0 Å². The maximum Gasteiger partial charge on any atom is 0.0416 e. The molecule has 2 N–H and O–H groups in total. The van der Waals surface area contributed by atoms with Crippen LogP contribution in [0.2, 0.25) is 0 Å². The van der Waals surface area contributed by atoms with Crippen molar-refractivity contribution in [1.29, 1.82) is 0 Å². The number of nitrogens with two attached hydrogens (primary N) is 1. The molecule has 1 aliphatic heterocycles. The lowest BCUT2D eigenvalue weighted by Crippen LogP contribution is -2.44. The van der Waals surface area contributed by atoms with Gasteiger partial charge in [0.25, 0.3) is 0 Å². The van der Waals surface area contributed by atoms with Crippen molar-refractivity contribution >= 4 is 11.3 Å². The Kier molecular flexibility index (Phi) is 4.00. The molecule has 2 heterocycles. The van der Waals surface area contributed by atoms with Crippen molar-refractivity contribution in [2.75, 3.05) is 13.1 Å². The molecule has 0 aromatic carbocycles. The van der Waals surface area contributed by atoms with Gasteiger partial charge in [-0.3, -0.25) is 4.90 Å². The Balaban J connectivity index is 2.06. The number of likely N-dealkylation sites (tertiary alicyclic amines) is 1. The first kappa shape index (κ1) is 12.1. The summed E-state index contributed by atoms with van der Waals surface area (Å²) >= 11 is 1.86. The quantitative estimate of drug-likeness (QED) is 0.877. The molecule has 3 heteroatoms. The average molecular weight is 238 g/mol. The minimum atomic E-state index is 0.546. The number of hydrogen-bond donors (Lipinski definition) is 1. The Morgan fingerprint density at radius 3 is 3.00 bits per heavy atom. The molecular formula is C13H22N2S. The van der Waals surface area contributed by atoms with Crippen LogP contribution in [0.3, 0.4) is 0 Å². The summed E-state index contributed by atoms with van der Waals surface area (Å²) in [6, 6.07) is 5.63. The highest BCUT2D eigenvalue weighted by atomic mass is 32.1. The normalized spacial score (nSPS) is 29.2. The van der Waals surface area contributed by atoms with Crippen molar-refractivity contribution in [3.05, 3.63) is 22.4 Å². The number of hydrogen-bond acceptors (Lipinski definition) is 3. The second kappa shape index (κ2) is 5.30. The smallest absolute Gasteiger partial charge is 0.0416 e. The summed E-state index contributed by atoms with van der Waals surface area (Å²) in [7, 11) is 0. The van der Waals surface area contributed by atoms with Gasteiger partial charge in [0, 0.05) is 23.5 Å². The minimum Gasteiger partial charge on any atom is -0.330 e. The van der Waals surface area contributed by atoms with E-state index < -0.39 is 0 Å². The van der Waals surface area contributed by atoms with Gasteiger partial charge in [0.2, 0.25) is 0 Å². The second-order valence-electron chi connectivity index (χ2n) is 4.92. The molecule has 0 amide bonds. The Labute approximate surface area is 102 Å². The molecule has 16 heavy (non-hydrogen) atoms. The zero-order chi connectivity index (χ0) is 11.5. The Hall–Kier alpha value is -0.380. The topological polar surface area (TPSA) is 29.3 Å². The van der Waals surface area contributed by atoms with Gasteiger partial charge in [-0.1, -0.05) is 6.07 Å². The summed E-state index contributed by atoms with van der Waals surface area (Å²) in [5.74, 6) is 0.693. The summed E-state index contributed by atoms with van der Waals surface area (Å²) in [4.78, 5) is 4.09. The number of thiophene rings is 1. The maximum atomic E-state index is 5.81. The molecule has 3 atom stereocenters. The standard InChI is InChI=1S/C13H22N2S/c1-10-5-6-12(8-14)9-15(10)11(2)13-4-3-7-16-13/h3-4,7,10-12H,5-6,8-9,14H2,1-2H3. The molecule has 2 rings (SSSR count). The van der Waals surface area contributed by atoms with Gasteiger partial charge in [-0.05, 0) is 50.6 Å². The number of rotatable bonds is 3. The Morgan fingerprint density at radius 2 is 2.38 bits per heavy atom. The highest BCUT2D eigenvalue weighted by Crippen LogP contribution is 2.32. The Morgan fingerprint density at radius 1 is 1.56 bits per heavy atom. The third-order valence-electron chi connectivity index (χ3n) is 3.81. The van der Waals surface area contributed by atoms with Crippen LogP contribution in [-0.4, -0.2) is 24.0 Å². The van der Waals surface area contributed by atoms with Crippen LogP contribution < -0.4 is 5.73 Å². The highest BCUT2D eigenvalue weighted by molar-refractivity contribution is 7.10. The summed E-state index contributed by atoms with van der Waals surface area (Å²) in [5, 5.41) is 2.17. The van der Waals surface area contributed by atoms with Gasteiger partial charge in [-0.15, -0.1) is 11.3 Å². The largest absolute Gasteiger partial charge is 0.330 e. The molecule has 0 saturated carbocycles. The van der Waals surface area contributed by atoms with Crippen LogP contribution in [0.25, 0.3) is 0 Å². The first-order valence-electron chi connectivity index (χ1n) is 6.21. The molecule has 90 valence electrons. The summed E-state index contributed by atoms with van der Waals surface area (Å²) in [5.41, 5.74) is 5.81. The Bertz CT molecular complexity index is 310. The van der Waals surface area contributed by atoms with Gasteiger partial charge >= 0.3 is 0 Å². The SMILES string of the molecule is CC1CCC(CN)CN1C(C)c1cccs1. The summed E-state index contributed by atoms with van der Waals surface area (Å²) in [6.45, 7) is 6.66. The van der Waals surface area contributed by atoms with Crippen LogP contribution in [-0.2, 0) is 0 Å². The predicted octanol–water partition coefficient (Wildman–Crippen LogP) is 2.87. The fourth-order valence-corrected chi connectivity index (χ4v) is 3.44. The lowest BCUT2D eigenvalue weighted by atomic mass is 9.92. The average Bonchev–Trinajstić information content (AvgIpc) is 2.82. The van der Waals surface area contributed by atoms with E-state index in [-0.39, 0.29) is 0 Å². The first-order chi connectivity index (χ1) is 7.72. The van der Waals surface area contributed by atoms with Gasteiger partial charge < -0.3 is 5.73 Å². The van der Waals surface area contributed by atoms with Crippen molar-refractivity contribution in [1.82, 2.24) is 4.90 Å². The fraction of sp³-hybridized carbons (Fsp3) is 0.692. The van der Waals surface area contributed by atoms with E-state index in [2.05, 4.69) is 36.3 Å². The highest BCUT2D eigenvalue weighted by Gasteiger charge is 2.28. The molecule has 0 aliphatic carbocycles. The molecule has 1 saturated heterocycles. The van der Waals surface area contributed by atoms with Crippen LogP contribution in [0, 0.1) is 5.92 Å². The molecule has 2 nitrogen and oxygen atoms in total. The van der Waals surface area contributed by atoms with Crippen LogP contribution >= 0.6 is 11.3 Å². The third kappa shape index (κ3) is 2.47. The third-order valence-corrected chi connectivity index (χ3v) is 4.86. The van der Waals surface area contributed by atoms with E-state index >= 15 is 0 Å². The predicted molar refractivity (Wildman–Crippen MR) is 70.7 cm³/mol. The lowest BCUT2D eigenvalue weighted by molar-refractivity contribution is 0.0827. The summed E-state index contributed by atoms with van der Waals surface area (Å²) in [6.07, 6.45) is 2.59. The van der Waals surface area contributed by atoms with E-state index in [1.165, 1.54) is 17.7 Å². The van der Waals surface area contributed by atoms with Crippen LogP contribution in [0.1, 0.15) is 37.6 Å². The first-order valence-corrected chi connectivity index (χ1v) is 7.09. The zero-order valence-corrected chi connectivity index (χ0v) is 11.0. The van der Waals surface area contributed by atoms with Crippen molar-refractivity contribution in [3.8, 4) is 0 Å². The number of piperidine rings is 1. The molecule has 1 fully saturated rings. The van der Waals surface area contributed by atoms with E-state index in [9.17, 15) is 0 Å². The van der Waals surface area contributed by atoms with E-state index in [4.69, 9.17) is 5.73 Å². The molecule has 3 unspecified atom stereocenters. The molecule has 0 spiro atoms. The van der Waals surface area contributed by atoms with Gasteiger partial charge in [0.05, 0.1) is 0 Å². The fourth-order valence-electron chi connectivity index (χ4n) is 2.64. The molecule has 0 bridgehead atoms. The van der Waals surface area contributed by atoms with Gasteiger partial charge in [-0.25, -0.2) is 0 Å². The minimum absolute atomic E-state index is 0.546. The monoisotopic (exact) mass is 238 g/mol. The van der Waals surface area contributed by atoms with Crippen molar-refractivity contribution < 1.29 is 0 Å². The molecule has 1 aliphatic rings. The van der Waals surface area contributed by atoms with E-state index in [0.717, 1.165) is 13.1 Å². The van der Waals surface area contributed by atoms with Crippen molar-refractivity contribution in [2.45, 2.75) is 38.8 Å². The van der Waals surface area contributed by atoms with E-state index in [0.29, 0.717) is 18.0 Å². The van der Waals surface area contributed by atoms with E-state index in [1.807, 2.05) is 11.3 Å². The second-order valence-corrected chi connectivity index (χ2v) is 5.90. The van der Waals surface area contributed by atoms with Crippen molar-refractivity contribution in [3.63, 3.8) is 0 Å². The molecule has 1 aromatic heterocycles. The molecular weight excluding hydrogens is 216 g/mol. The summed E-state index contributed by atoms with van der Waals surface area (Å²) < 4.78 is 0. The van der Waals surface area contributed by atoms with Crippen LogP contribution in [0.4, 0.5) is 0 Å². The van der Waals surface area contributed by atoms with Crippen LogP contribution in [0.5, 0.6) is 0 Å². The zero-order valence-electron chi connectivity index (χ0n) is 10.2. The van der Waals surface area contributed by atoms with Crippen molar-refractivity contribution in [2.24, 2.45) is 11.7 Å². The maximum absolute atomic E-state index is 5.81. The molecule has 0 radical (unpaired) electrons.